The van der Waals surface area contributed by atoms with Gasteiger partial charge in [-0.05, 0) is 73.7 Å². The highest BCUT2D eigenvalue weighted by molar-refractivity contribution is 5.97. The van der Waals surface area contributed by atoms with Crippen molar-refractivity contribution in [1.29, 1.82) is 0 Å². The lowest BCUT2D eigenvalue weighted by Gasteiger charge is -2.33. The molecule has 3 nitrogen and oxygen atoms in total. The Morgan fingerprint density at radius 1 is 0.875 bits per heavy atom. The SMILES string of the molecule is C[C@H](CN1CCC(Cc2ccccc2)CC1)C(=O)c1ccc(OCc2ccccc2)cc1. The zero-order chi connectivity index (χ0) is 22.2. The summed E-state index contributed by atoms with van der Waals surface area (Å²) in [6.07, 6.45) is 3.59. The third-order valence-electron chi connectivity index (χ3n) is 6.44. The second-order valence-electron chi connectivity index (χ2n) is 9.00. The molecule has 1 fully saturated rings. The average Bonchev–Trinajstić information content (AvgIpc) is 2.85. The quantitative estimate of drug-likeness (QED) is 0.390. The van der Waals surface area contributed by atoms with E-state index in [1.807, 2.05) is 54.6 Å². The van der Waals surface area contributed by atoms with E-state index in [4.69, 9.17) is 4.74 Å². The van der Waals surface area contributed by atoms with Crippen LogP contribution in [0.1, 0.15) is 41.3 Å². The van der Waals surface area contributed by atoms with Crippen molar-refractivity contribution in [1.82, 2.24) is 4.90 Å². The van der Waals surface area contributed by atoms with E-state index in [0.717, 1.165) is 42.4 Å². The number of carbonyl (C=O) groups excluding carboxylic acids is 1. The second-order valence-corrected chi connectivity index (χ2v) is 9.00. The van der Waals surface area contributed by atoms with Crippen molar-refractivity contribution in [2.75, 3.05) is 19.6 Å². The largest absolute Gasteiger partial charge is 0.489 e. The van der Waals surface area contributed by atoms with Gasteiger partial charge in [0, 0.05) is 18.0 Å². The van der Waals surface area contributed by atoms with Crippen molar-refractivity contribution in [2.24, 2.45) is 11.8 Å². The van der Waals surface area contributed by atoms with Crippen molar-refractivity contribution >= 4 is 5.78 Å². The van der Waals surface area contributed by atoms with Crippen LogP contribution in [0.15, 0.2) is 84.9 Å². The molecular weight excluding hydrogens is 394 g/mol. The molecule has 1 heterocycles. The van der Waals surface area contributed by atoms with E-state index in [-0.39, 0.29) is 11.7 Å². The van der Waals surface area contributed by atoms with Gasteiger partial charge in [-0.1, -0.05) is 67.6 Å². The van der Waals surface area contributed by atoms with Gasteiger partial charge >= 0.3 is 0 Å². The highest BCUT2D eigenvalue weighted by atomic mass is 16.5. The summed E-state index contributed by atoms with van der Waals surface area (Å²) in [5.74, 6) is 1.75. The Morgan fingerprint density at radius 2 is 1.47 bits per heavy atom. The number of nitrogens with zero attached hydrogens (tertiary/aromatic N) is 1. The van der Waals surface area contributed by atoms with Crippen LogP contribution < -0.4 is 4.74 Å². The summed E-state index contributed by atoms with van der Waals surface area (Å²) in [5.41, 5.74) is 3.34. The lowest BCUT2D eigenvalue weighted by Crippen LogP contribution is -2.38. The summed E-state index contributed by atoms with van der Waals surface area (Å²) < 4.78 is 5.84. The molecule has 1 atom stereocenters. The topological polar surface area (TPSA) is 29.5 Å². The van der Waals surface area contributed by atoms with Crippen molar-refractivity contribution in [3.63, 3.8) is 0 Å². The fraction of sp³-hybridized carbons (Fsp3) is 0.345. The van der Waals surface area contributed by atoms with Crippen LogP contribution in [-0.2, 0) is 13.0 Å². The molecule has 0 saturated carbocycles. The number of likely N-dealkylation sites (tertiary alicyclic amines) is 1. The van der Waals surface area contributed by atoms with Crippen LogP contribution in [0.5, 0.6) is 5.75 Å². The first-order chi connectivity index (χ1) is 15.7. The number of rotatable bonds is 9. The number of piperidine rings is 1. The normalized spacial score (nSPS) is 15.9. The molecule has 3 aromatic carbocycles. The van der Waals surface area contributed by atoms with E-state index in [9.17, 15) is 4.79 Å². The van der Waals surface area contributed by atoms with Gasteiger partial charge in [0.2, 0.25) is 0 Å². The first-order valence-electron chi connectivity index (χ1n) is 11.7. The molecule has 0 amide bonds. The summed E-state index contributed by atoms with van der Waals surface area (Å²) in [5, 5.41) is 0. The average molecular weight is 428 g/mol. The van der Waals surface area contributed by atoms with E-state index < -0.39 is 0 Å². The maximum Gasteiger partial charge on any atom is 0.166 e. The van der Waals surface area contributed by atoms with Gasteiger partial charge in [0.05, 0.1) is 0 Å². The summed E-state index contributed by atoms with van der Waals surface area (Å²) in [6.45, 7) is 5.59. The predicted molar refractivity (Wildman–Crippen MR) is 130 cm³/mol. The minimum Gasteiger partial charge on any atom is -0.489 e. The van der Waals surface area contributed by atoms with Gasteiger partial charge in [0.25, 0.3) is 0 Å². The van der Waals surface area contributed by atoms with Crippen molar-refractivity contribution in [3.8, 4) is 5.75 Å². The lowest BCUT2D eigenvalue weighted by atomic mass is 9.89. The standard InChI is InChI=1S/C29H33NO2/c1-23(21-30-18-16-25(17-19-30)20-24-8-4-2-5-9-24)29(31)27-12-14-28(15-13-27)32-22-26-10-6-3-7-11-26/h2-15,23,25H,16-22H2,1H3/t23-/m1/s1. The van der Waals surface area contributed by atoms with E-state index >= 15 is 0 Å². The molecule has 0 spiro atoms. The molecule has 4 rings (SSSR count). The highest BCUT2D eigenvalue weighted by Gasteiger charge is 2.23. The Morgan fingerprint density at radius 3 is 2.09 bits per heavy atom. The Bertz CT molecular complexity index is 961. The molecule has 3 aromatic rings. The van der Waals surface area contributed by atoms with Gasteiger partial charge in [-0.25, -0.2) is 0 Å². The molecule has 166 valence electrons. The van der Waals surface area contributed by atoms with Crippen LogP contribution in [0, 0.1) is 11.8 Å². The Hall–Kier alpha value is -2.91. The van der Waals surface area contributed by atoms with Crippen molar-refractivity contribution in [2.45, 2.75) is 32.8 Å². The number of Topliss-reactive ketones (excluding diaryl/α,β-unsaturated/α-hetero) is 1. The molecule has 1 saturated heterocycles. The summed E-state index contributed by atoms with van der Waals surface area (Å²) in [4.78, 5) is 15.4. The van der Waals surface area contributed by atoms with Gasteiger partial charge in [0.1, 0.15) is 12.4 Å². The van der Waals surface area contributed by atoms with Gasteiger partial charge in [-0.3, -0.25) is 4.79 Å². The Labute approximate surface area is 192 Å². The van der Waals surface area contributed by atoms with Crippen LogP contribution in [0.4, 0.5) is 0 Å². The molecule has 3 heteroatoms. The minimum atomic E-state index is -0.00300. The number of hydrogen-bond donors (Lipinski definition) is 0. The molecule has 0 N–H and O–H groups in total. The second kappa shape index (κ2) is 11.1. The first kappa shape index (κ1) is 22.3. The van der Waals surface area contributed by atoms with E-state index in [0.29, 0.717) is 6.61 Å². The van der Waals surface area contributed by atoms with Gasteiger partial charge in [0.15, 0.2) is 5.78 Å². The highest BCUT2D eigenvalue weighted by Crippen LogP contribution is 2.23. The molecule has 0 radical (unpaired) electrons. The van der Waals surface area contributed by atoms with Gasteiger partial charge < -0.3 is 9.64 Å². The number of carbonyl (C=O) groups is 1. The number of benzene rings is 3. The van der Waals surface area contributed by atoms with Crippen molar-refractivity contribution < 1.29 is 9.53 Å². The number of hydrogen-bond acceptors (Lipinski definition) is 3. The third-order valence-corrected chi connectivity index (χ3v) is 6.44. The molecule has 1 aliphatic heterocycles. The molecule has 32 heavy (non-hydrogen) atoms. The summed E-state index contributed by atoms with van der Waals surface area (Å²) in [6, 6.07) is 28.5. The maximum atomic E-state index is 12.9. The smallest absolute Gasteiger partial charge is 0.166 e. The van der Waals surface area contributed by atoms with Crippen LogP contribution in [-0.4, -0.2) is 30.3 Å². The van der Waals surface area contributed by atoms with Crippen molar-refractivity contribution in [3.05, 3.63) is 102 Å². The number of ether oxygens (including phenoxy) is 1. The molecule has 1 aliphatic rings. The molecule has 0 unspecified atom stereocenters. The maximum absolute atomic E-state index is 12.9. The van der Waals surface area contributed by atoms with Crippen LogP contribution in [0.2, 0.25) is 0 Å². The lowest BCUT2D eigenvalue weighted by molar-refractivity contribution is 0.0869. The summed E-state index contributed by atoms with van der Waals surface area (Å²) in [7, 11) is 0. The van der Waals surface area contributed by atoms with Crippen LogP contribution in [0.3, 0.4) is 0 Å². The summed E-state index contributed by atoms with van der Waals surface area (Å²) >= 11 is 0. The predicted octanol–water partition coefficient (Wildman–Crippen LogP) is 6.04. The van der Waals surface area contributed by atoms with E-state index in [2.05, 4.69) is 42.2 Å². The first-order valence-corrected chi connectivity index (χ1v) is 11.7. The monoisotopic (exact) mass is 427 g/mol. The molecule has 0 aromatic heterocycles. The van der Waals surface area contributed by atoms with Crippen LogP contribution >= 0.6 is 0 Å². The zero-order valence-corrected chi connectivity index (χ0v) is 19.0. The van der Waals surface area contributed by atoms with Gasteiger partial charge in [-0.15, -0.1) is 0 Å². The molecule has 0 bridgehead atoms. The third kappa shape index (κ3) is 6.30. The Kier molecular flexibility index (Phi) is 7.73. The fourth-order valence-corrected chi connectivity index (χ4v) is 4.53. The van der Waals surface area contributed by atoms with Crippen LogP contribution in [0.25, 0.3) is 0 Å². The number of ketones is 1. The minimum absolute atomic E-state index is 0.00300. The Balaban J connectivity index is 1.22. The molecular formula is C29H33NO2. The van der Waals surface area contributed by atoms with E-state index in [1.54, 1.807) is 0 Å². The van der Waals surface area contributed by atoms with Gasteiger partial charge in [-0.2, -0.15) is 0 Å². The fourth-order valence-electron chi connectivity index (χ4n) is 4.53. The molecule has 0 aliphatic carbocycles. The van der Waals surface area contributed by atoms with E-state index in [1.165, 1.54) is 24.8 Å². The zero-order valence-electron chi connectivity index (χ0n) is 19.0.